The van der Waals surface area contributed by atoms with Crippen LogP contribution in [-0.2, 0) is 0 Å². The van der Waals surface area contributed by atoms with E-state index in [0.717, 1.165) is 31.9 Å². The van der Waals surface area contributed by atoms with Gasteiger partial charge in [0.05, 0.1) is 0 Å². The second-order valence-corrected chi connectivity index (χ2v) is 7.47. The standard InChI is InChI=1S/C21H28N2O/c1-17-16-19(24-21(2,3)4)10-11-20(17)23-14-12-22(13-15-23)18-8-6-5-7-9-18/h5-11,16H,12-15H2,1-4H3. The van der Waals surface area contributed by atoms with Gasteiger partial charge in [-0.05, 0) is 63.6 Å². The molecule has 0 spiro atoms. The van der Waals surface area contributed by atoms with Crippen molar-refractivity contribution in [3.8, 4) is 5.75 Å². The van der Waals surface area contributed by atoms with Crippen molar-refractivity contribution in [2.75, 3.05) is 36.0 Å². The molecule has 0 N–H and O–H groups in total. The summed E-state index contributed by atoms with van der Waals surface area (Å²) >= 11 is 0. The molecule has 1 saturated heterocycles. The number of piperazine rings is 1. The number of aryl methyl sites for hydroxylation is 1. The number of benzene rings is 2. The zero-order valence-electron chi connectivity index (χ0n) is 15.2. The Morgan fingerprint density at radius 1 is 0.833 bits per heavy atom. The van der Waals surface area contributed by atoms with Crippen LogP contribution in [0.2, 0.25) is 0 Å². The molecule has 0 unspecified atom stereocenters. The van der Waals surface area contributed by atoms with Crippen LogP contribution in [-0.4, -0.2) is 31.8 Å². The van der Waals surface area contributed by atoms with E-state index in [2.05, 4.69) is 86.0 Å². The summed E-state index contributed by atoms with van der Waals surface area (Å²) in [4.78, 5) is 4.94. The first-order chi connectivity index (χ1) is 11.4. The zero-order chi connectivity index (χ0) is 17.2. The Hall–Kier alpha value is -2.16. The molecule has 1 aliphatic heterocycles. The SMILES string of the molecule is Cc1cc(OC(C)(C)C)ccc1N1CCN(c2ccccc2)CC1. The number of hydrogen-bond donors (Lipinski definition) is 0. The van der Waals surface area contributed by atoms with E-state index in [0.29, 0.717) is 0 Å². The summed E-state index contributed by atoms with van der Waals surface area (Å²) in [5.41, 5.74) is 3.77. The Morgan fingerprint density at radius 2 is 1.46 bits per heavy atom. The number of rotatable bonds is 3. The van der Waals surface area contributed by atoms with Gasteiger partial charge in [0.1, 0.15) is 11.4 Å². The Balaban J connectivity index is 1.66. The minimum atomic E-state index is -0.157. The average molecular weight is 324 g/mol. The number of ether oxygens (including phenoxy) is 1. The molecular formula is C21H28N2O. The van der Waals surface area contributed by atoms with Gasteiger partial charge in [0, 0.05) is 37.6 Å². The van der Waals surface area contributed by atoms with Crippen LogP contribution in [0.25, 0.3) is 0 Å². The van der Waals surface area contributed by atoms with Gasteiger partial charge in [-0.25, -0.2) is 0 Å². The quantitative estimate of drug-likeness (QED) is 0.827. The van der Waals surface area contributed by atoms with Crippen LogP contribution < -0.4 is 14.5 Å². The van der Waals surface area contributed by atoms with E-state index in [1.165, 1.54) is 16.9 Å². The highest BCUT2D eigenvalue weighted by Crippen LogP contribution is 2.28. The van der Waals surface area contributed by atoms with Gasteiger partial charge >= 0.3 is 0 Å². The molecule has 3 rings (SSSR count). The summed E-state index contributed by atoms with van der Waals surface area (Å²) in [6.45, 7) is 12.6. The fourth-order valence-electron chi connectivity index (χ4n) is 3.24. The lowest BCUT2D eigenvalue weighted by Crippen LogP contribution is -2.46. The van der Waals surface area contributed by atoms with Crippen LogP contribution in [0.15, 0.2) is 48.5 Å². The van der Waals surface area contributed by atoms with Crippen molar-refractivity contribution in [3.63, 3.8) is 0 Å². The highest BCUT2D eigenvalue weighted by molar-refractivity contribution is 5.57. The fraction of sp³-hybridized carbons (Fsp3) is 0.429. The van der Waals surface area contributed by atoms with Crippen molar-refractivity contribution in [1.29, 1.82) is 0 Å². The number of para-hydroxylation sites is 1. The third kappa shape index (κ3) is 4.02. The largest absolute Gasteiger partial charge is 0.488 e. The Kier molecular flexibility index (Phi) is 4.70. The molecule has 3 heteroatoms. The molecule has 128 valence electrons. The van der Waals surface area contributed by atoms with Crippen LogP contribution >= 0.6 is 0 Å². The highest BCUT2D eigenvalue weighted by Gasteiger charge is 2.19. The Morgan fingerprint density at radius 3 is 2.04 bits per heavy atom. The van der Waals surface area contributed by atoms with Gasteiger partial charge in [-0.15, -0.1) is 0 Å². The first kappa shape index (κ1) is 16.7. The molecular weight excluding hydrogens is 296 g/mol. The maximum Gasteiger partial charge on any atom is 0.120 e. The van der Waals surface area contributed by atoms with Crippen LogP contribution in [0.3, 0.4) is 0 Å². The van der Waals surface area contributed by atoms with E-state index in [9.17, 15) is 0 Å². The molecule has 3 nitrogen and oxygen atoms in total. The fourth-order valence-corrected chi connectivity index (χ4v) is 3.24. The van der Waals surface area contributed by atoms with Crippen LogP contribution in [0.5, 0.6) is 5.75 Å². The van der Waals surface area contributed by atoms with E-state index >= 15 is 0 Å². The molecule has 0 aromatic heterocycles. The third-order valence-corrected chi connectivity index (χ3v) is 4.33. The predicted molar refractivity (Wildman–Crippen MR) is 102 cm³/mol. The Bertz CT molecular complexity index is 668. The third-order valence-electron chi connectivity index (χ3n) is 4.33. The lowest BCUT2D eigenvalue weighted by atomic mass is 10.1. The summed E-state index contributed by atoms with van der Waals surface area (Å²) in [5.74, 6) is 0.951. The molecule has 0 bridgehead atoms. The molecule has 0 amide bonds. The second kappa shape index (κ2) is 6.76. The summed E-state index contributed by atoms with van der Waals surface area (Å²) in [6, 6.07) is 17.1. The van der Waals surface area contributed by atoms with Crippen molar-refractivity contribution < 1.29 is 4.74 Å². The first-order valence-corrected chi connectivity index (χ1v) is 8.77. The lowest BCUT2D eigenvalue weighted by molar-refractivity contribution is 0.131. The van der Waals surface area contributed by atoms with Crippen LogP contribution in [0.1, 0.15) is 26.3 Å². The second-order valence-electron chi connectivity index (χ2n) is 7.47. The van der Waals surface area contributed by atoms with Gasteiger partial charge < -0.3 is 14.5 Å². The van der Waals surface area contributed by atoms with Gasteiger partial charge in [-0.1, -0.05) is 18.2 Å². The number of hydrogen-bond acceptors (Lipinski definition) is 3. The maximum atomic E-state index is 5.97. The Labute approximate surface area is 145 Å². The van der Waals surface area contributed by atoms with E-state index in [4.69, 9.17) is 4.74 Å². The van der Waals surface area contributed by atoms with Gasteiger partial charge in [-0.3, -0.25) is 0 Å². The van der Waals surface area contributed by atoms with Gasteiger partial charge in [0.2, 0.25) is 0 Å². The minimum absolute atomic E-state index is 0.157. The van der Waals surface area contributed by atoms with E-state index in [1.54, 1.807) is 0 Å². The van der Waals surface area contributed by atoms with Gasteiger partial charge in [0.15, 0.2) is 0 Å². The molecule has 24 heavy (non-hydrogen) atoms. The molecule has 1 aliphatic rings. The molecule has 2 aromatic carbocycles. The summed E-state index contributed by atoms with van der Waals surface area (Å²) in [6.07, 6.45) is 0. The average Bonchev–Trinajstić information content (AvgIpc) is 2.55. The van der Waals surface area contributed by atoms with Gasteiger partial charge in [-0.2, -0.15) is 0 Å². The molecule has 0 aliphatic carbocycles. The van der Waals surface area contributed by atoms with Crippen molar-refractivity contribution in [2.24, 2.45) is 0 Å². The maximum absolute atomic E-state index is 5.97. The van der Waals surface area contributed by atoms with Crippen LogP contribution in [0, 0.1) is 6.92 Å². The lowest BCUT2D eigenvalue weighted by Gasteiger charge is -2.38. The van der Waals surface area contributed by atoms with Crippen molar-refractivity contribution >= 4 is 11.4 Å². The normalized spacial score (nSPS) is 15.5. The van der Waals surface area contributed by atoms with Gasteiger partial charge in [0.25, 0.3) is 0 Å². The van der Waals surface area contributed by atoms with Crippen molar-refractivity contribution in [3.05, 3.63) is 54.1 Å². The van der Waals surface area contributed by atoms with Crippen LogP contribution in [0.4, 0.5) is 11.4 Å². The minimum Gasteiger partial charge on any atom is -0.488 e. The number of anilines is 2. The van der Waals surface area contributed by atoms with E-state index in [1.807, 2.05) is 0 Å². The monoisotopic (exact) mass is 324 g/mol. The molecule has 1 fully saturated rings. The zero-order valence-corrected chi connectivity index (χ0v) is 15.2. The summed E-state index contributed by atoms with van der Waals surface area (Å²) in [7, 11) is 0. The van der Waals surface area contributed by atoms with E-state index < -0.39 is 0 Å². The summed E-state index contributed by atoms with van der Waals surface area (Å²) < 4.78 is 5.97. The smallest absolute Gasteiger partial charge is 0.120 e. The van der Waals surface area contributed by atoms with E-state index in [-0.39, 0.29) is 5.60 Å². The summed E-state index contributed by atoms with van der Waals surface area (Å²) in [5, 5.41) is 0. The van der Waals surface area contributed by atoms with Crippen molar-refractivity contribution in [1.82, 2.24) is 0 Å². The molecule has 1 heterocycles. The topological polar surface area (TPSA) is 15.7 Å². The number of nitrogens with zero attached hydrogens (tertiary/aromatic N) is 2. The molecule has 0 atom stereocenters. The van der Waals surface area contributed by atoms with Crippen molar-refractivity contribution in [2.45, 2.75) is 33.3 Å². The molecule has 2 aromatic rings. The molecule has 0 saturated carbocycles. The highest BCUT2D eigenvalue weighted by atomic mass is 16.5. The predicted octanol–water partition coefficient (Wildman–Crippen LogP) is 4.50. The first-order valence-electron chi connectivity index (χ1n) is 8.77. The molecule has 0 radical (unpaired) electrons.